The minimum atomic E-state index is -0.913. The number of anilines is 1. The van der Waals surface area contributed by atoms with Crippen molar-refractivity contribution in [3.8, 4) is 0 Å². The van der Waals surface area contributed by atoms with E-state index in [1.807, 2.05) is 0 Å². The van der Waals surface area contributed by atoms with E-state index < -0.39 is 5.97 Å². The quantitative estimate of drug-likeness (QED) is 0.874. The molecule has 0 amide bonds. The number of halogens is 1. The third kappa shape index (κ3) is 2.55. The fourth-order valence-electron chi connectivity index (χ4n) is 2.08. The van der Waals surface area contributed by atoms with Crippen LogP contribution in [-0.2, 0) is 0 Å². The molecular formula is C13H16ClNO2. The number of nitrogens with zero attached hydrogens (tertiary/aromatic N) is 1. The molecule has 0 heterocycles. The van der Waals surface area contributed by atoms with Gasteiger partial charge in [0.05, 0.1) is 16.3 Å². The van der Waals surface area contributed by atoms with E-state index in [2.05, 4.69) is 11.8 Å². The molecule has 1 aromatic carbocycles. The van der Waals surface area contributed by atoms with Crippen LogP contribution < -0.4 is 4.90 Å². The Morgan fingerprint density at radius 1 is 1.53 bits per heavy atom. The molecule has 1 aromatic rings. The Morgan fingerprint density at radius 2 is 2.24 bits per heavy atom. The maximum absolute atomic E-state index is 11.2. The minimum absolute atomic E-state index is 0.304. The SMILES string of the molecule is CCCN(c1c(Cl)cccc1C(=O)O)C1CC1. The van der Waals surface area contributed by atoms with Gasteiger partial charge in [0.25, 0.3) is 0 Å². The molecule has 3 nitrogen and oxygen atoms in total. The summed E-state index contributed by atoms with van der Waals surface area (Å²) in [4.78, 5) is 13.4. The van der Waals surface area contributed by atoms with E-state index in [0.29, 0.717) is 22.3 Å². The molecule has 0 spiro atoms. The summed E-state index contributed by atoms with van der Waals surface area (Å²) in [5.41, 5.74) is 0.990. The van der Waals surface area contributed by atoms with Crippen molar-refractivity contribution in [3.05, 3.63) is 28.8 Å². The van der Waals surface area contributed by atoms with Crippen molar-refractivity contribution >= 4 is 23.3 Å². The topological polar surface area (TPSA) is 40.5 Å². The Labute approximate surface area is 106 Å². The van der Waals surface area contributed by atoms with Crippen LogP contribution in [0.3, 0.4) is 0 Å². The third-order valence-corrected chi connectivity index (χ3v) is 3.26. The molecule has 0 radical (unpaired) electrons. The van der Waals surface area contributed by atoms with Gasteiger partial charge in [0.1, 0.15) is 0 Å². The number of benzene rings is 1. The number of para-hydroxylation sites is 1. The second-order valence-corrected chi connectivity index (χ2v) is 4.77. The zero-order chi connectivity index (χ0) is 12.4. The van der Waals surface area contributed by atoms with Crippen molar-refractivity contribution in [2.75, 3.05) is 11.4 Å². The summed E-state index contributed by atoms with van der Waals surface area (Å²) in [6.45, 7) is 2.95. The fourth-order valence-corrected chi connectivity index (χ4v) is 2.37. The number of carboxylic acid groups (broad SMARTS) is 1. The number of rotatable bonds is 5. The van der Waals surface area contributed by atoms with Gasteiger partial charge in [-0.05, 0) is 31.4 Å². The summed E-state index contributed by atoms with van der Waals surface area (Å²) in [6.07, 6.45) is 3.25. The van der Waals surface area contributed by atoms with Crippen LogP contribution in [0.15, 0.2) is 18.2 Å². The Hall–Kier alpha value is -1.22. The summed E-state index contributed by atoms with van der Waals surface area (Å²) < 4.78 is 0. The zero-order valence-corrected chi connectivity index (χ0v) is 10.6. The molecule has 1 fully saturated rings. The van der Waals surface area contributed by atoms with Crippen molar-refractivity contribution in [2.24, 2.45) is 0 Å². The van der Waals surface area contributed by atoms with Crippen LogP contribution >= 0.6 is 11.6 Å². The fraction of sp³-hybridized carbons (Fsp3) is 0.462. The first-order valence-corrected chi connectivity index (χ1v) is 6.31. The van der Waals surface area contributed by atoms with Crippen molar-refractivity contribution in [3.63, 3.8) is 0 Å². The van der Waals surface area contributed by atoms with Crippen LogP contribution in [-0.4, -0.2) is 23.7 Å². The van der Waals surface area contributed by atoms with Gasteiger partial charge >= 0.3 is 5.97 Å². The Kier molecular flexibility index (Phi) is 3.57. The molecule has 17 heavy (non-hydrogen) atoms. The predicted octanol–water partition coefficient (Wildman–Crippen LogP) is 3.42. The van der Waals surface area contributed by atoms with E-state index in [-0.39, 0.29) is 0 Å². The van der Waals surface area contributed by atoms with Gasteiger partial charge in [-0.15, -0.1) is 0 Å². The number of carbonyl (C=O) groups is 1. The van der Waals surface area contributed by atoms with Gasteiger partial charge in [-0.1, -0.05) is 24.6 Å². The van der Waals surface area contributed by atoms with E-state index in [1.165, 1.54) is 0 Å². The van der Waals surface area contributed by atoms with E-state index in [0.717, 1.165) is 25.8 Å². The number of carboxylic acids is 1. The highest BCUT2D eigenvalue weighted by Crippen LogP contribution is 2.38. The Bertz CT molecular complexity index is 429. The second-order valence-electron chi connectivity index (χ2n) is 4.37. The smallest absolute Gasteiger partial charge is 0.337 e. The molecule has 1 N–H and O–H groups in total. The maximum atomic E-state index is 11.2. The summed E-state index contributed by atoms with van der Waals surface area (Å²) in [7, 11) is 0. The molecule has 2 rings (SSSR count). The van der Waals surface area contributed by atoms with Gasteiger partial charge in [0.2, 0.25) is 0 Å². The van der Waals surface area contributed by atoms with Crippen molar-refractivity contribution in [1.29, 1.82) is 0 Å². The van der Waals surface area contributed by atoms with Gasteiger partial charge < -0.3 is 10.0 Å². The zero-order valence-electron chi connectivity index (χ0n) is 9.82. The monoisotopic (exact) mass is 253 g/mol. The summed E-state index contributed by atoms with van der Waals surface area (Å²) in [6, 6.07) is 5.53. The largest absolute Gasteiger partial charge is 0.478 e. The molecule has 1 aliphatic rings. The highest BCUT2D eigenvalue weighted by Gasteiger charge is 2.32. The third-order valence-electron chi connectivity index (χ3n) is 2.96. The van der Waals surface area contributed by atoms with Crippen molar-refractivity contribution in [1.82, 2.24) is 0 Å². The average Bonchev–Trinajstić information content (AvgIpc) is 3.10. The van der Waals surface area contributed by atoms with Gasteiger partial charge in [0.15, 0.2) is 0 Å². The second kappa shape index (κ2) is 4.96. The van der Waals surface area contributed by atoms with Gasteiger partial charge in [0, 0.05) is 12.6 Å². The maximum Gasteiger partial charge on any atom is 0.337 e. The lowest BCUT2D eigenvalue weighted by Crippen LogP contribution is -2.28. The first-order valence-electron chi connectivity index (χ1n) is 5.93. The Balaban J connectivity index is 2.43. The number of aromatic carboxylic acids is 1. The van der Waals surface area contributed by atoms with Gasteiger partial charge in [-0.3, -0.25) is 0 Å². The van der Waals surface area contributed by atoms with Crippen molar-refractivity contribution < 1.29 is 9.90 Å². The summed E-state index contributed by atoms with van der Waals surface area (Å²) in [5, 5.41) is 9.76. The molecule has 0 aliphatic heterocycles. The van der Waals surface area contributed by atoms with Gasteiger partial charge in [-0.2, -0.15) is 0 Å². The lowest BCUT2D eigenvalue weighted by Gasteiger charge is -2.26. The average molecular weight is 254 g/mol. The molecule has 1 saturated carbocycles. The van der Waals surface area contributed by atoms with E-state index in [1.54, 1.807) is 18.2 Å². The molecule has 0 unspecified atom stereocenters. The minimum Gasteiger partial charge on any atom is -0.478 e. The molecule has 0 aromatic heterocycles. The van der Waals surface area contributed by atoms with Crippen LogP contribution in [0.2, 0.25) is 5.02 Å². The molecular weight excluding hydrogens is 238 g/mol. The summed E-state index contributed by atoms with van der Waals surface area (Å²) in [5.74, 6) is -0.913. The molecule has 4 heteroatoms. The number of hydrogen-bond acceptors (Lipinski definition) is 2. The van der Waals surface area contributed by atoms with E-state index in [4.69, 9.17) is 11.6 Å². The van der Waals surface area contributed by atoms with E-state index in [9.17, 15) is 9.90 Å². The van der Waals surface area contributed by atoms with Crippen LogP contribution in [0, 0.1) is 0 Å². The van der Waals surface area contributed by atoms with Gasteiger partial charge in [-0.25, -0.2) is 4.79 Å². The lowest BCUT2D eigenvalue weighted by molar-refractivity contribution is 0.0697. The summed E-state index contributed by atoms with van der Waals surface area (Å²) >= 11 is 6.17. The van der Waals surface area contributed by atoms with Crippen LogP contribution in [0.25, 0.3) is 0 Å². The first kappa shape index (κ1) is 12.2. The molecule has 0 saturated heterocycles. The molecule has 0 bridgehead atoms. The normalized spacial score (nSPS) is 14.7. The molecule has 92 valence electrons. The lowest BCUT2D eigenvalue weighted by atomic mass is 10.1. The van der Waals surface area contributed by atoms with Crippen LogP contribution in [0.5, 0.6) is 0 Å². The molecule has 0 atom stereocenters. The highest BCUT2D eigenvalue weighted by molar-refractivity contribution is 6.34. The molecule has 1 aliphatic carbocycles. The van der Waals surface area contributed by atoms with Crippen molar-refractivity contribution in [2.45, 2.75) is 32.2 Å². The standard InChI is InChI=1S/C13H16ClNO2/c1-2-8-15(9-6-7-9)12-10(13(16)17)4-3-5-11(12)14/h3-5,9H,2,6-8H2,1H3,(H,16,17). The number of hydrogen-bond donors (Lipinski definition) is 1. The Morgan fingerprint density at radius 3 is 2.76 bits per heavy atom. The first-order chi connectivity index (χ1) is 8.15. The van der Waals surface area contributed by atoms with E-state index >= 15 is 0 Å². The van der Waals surface area contributed by atoms with Crippen LogP contribution in [0.1, 0.15) is 36.5 Å². The van der Waals surface area contributed by atoms with Crippen LogP contribution in [0.4, 0.5) is 5.69 Å². The highest BCUT2D eigenvalue weighted by atomic mass is 35.5. The predicted molar refractivity (Wildman–Crippen MR) is 69.1 cm³/mol.